The summed E-state index contributed by atoms with van der Waals surface area (Å²) in [5, 5.41) is 5.57. The number of amides is 1. The van der Waals surface area contributed by atoms with Crippen molar-refractivity contribution in [2.75, 3.05) is 5.32 Å². The maximum absolute atomic E-state index is 12.1. The van der Waals surface area contributed by atoms with E-state index in [1.807, 2.05) is 54.6 Å². The number of benzene rings is 2. The van der Waals surface area contributed by atoms with Crippen LogP contribution in [0.15, 0.2) is 67.0 Å². The molecule has 0 bridgehead atoms. The molecular weight excluding hydrogens is 394 g/mol. The molecule has 166 valence electrons. The predicted octanol–water partition coefficient (Wildman–Crippen LogP) is 4.10. The number of nitrogens with one attached hydrogen (secondary N) is 2. The van der Waals surface area contributed by atoms with Crippen molar-refractivity contribution in [1.82, 2.24) is 5.32 Å². The number of hydrogen-bond acceptors (Lipinski definition) is 6. The first-order valence-electron chi connectivity index (χ1n) is 10.1. The highest BCUT2D eigenvalue weighted by atomic mass is 16.6. The molecule has 0 spiro atoms. The summed E-state index contributed by atoms with van der Waals surface area (Å²) in [4.78, 5) is 23.9. The molecule has 0 aliphatic rings. The average Bonchev–Trinajstić information content (AvgIpc) is 2.69. The monoisotopic (exact) mass is 425 g/mol. The Hall–Kier alpha value is -3.32. The summed E-state index contributed by atoms with van der Waals surface area (Å²) < 4.78 is 10.5. The Balaban J connectivity index is 1.80. The molecule has 0 heterocycles. The third-order valence-electron chi connectivity index (χ3n) is 4.14. The van der Waals surface area contributed by atoms with E-state index in [4.69, 9.17) is 15.2 Å². The summed E-state index contributed by atoms with van der Waals surface area (Å²) >= 11 is 0. The Morgan fingerprint density at radius 3 is 2.42 bits per heavy atom. The number of ether oxygens (including phenoxy) is 2. The fourth-order valence-electron chi connectivity index (χ4n) is 2.71. The van der Waals surface area contributed by atoms with Gasteiger partial charge < -0.3 is 20.5 Å². The van der Waals surface area contributed by atoms with E-state index in [1.54, 1.807) is 20.8 Å². The number of alkyl carbamates (subject to hydrolysis) is 1. The number of aryl methyl sites for hydroxylation is 1. The van der Waals surface area contributed by atoms with Crippen LogP contribution < -0.4 is 16.4 Å². The fourth-order valence-corrected chi connectivity index (χ4v) is 2.71. The normalized spacial score (nSPS) is 11.9. The minimum Gasteiger partial charge on any atom is -0.460 e. The van der Waals surface area contributed by atoms with Gasteiger partial charge in [0.05, 0.1) is 0 Å². The van der Waals surface area contributed by atoms with Gasteiger partial charge in [0, 0.05) is 5.69 Å². The lowest BCUT2D eigenvalue weighted by molar-refractivity contribution is -0.146. The summed E-state index contributed by atoms with van der Waals surface area (Å²) in [5.74, 6) is -0.124. The SMILES string of the molecule is C=C(NC(=O)OC(C)(C)C)Nc1cccc(CCC(N)C(=O)OCc2ccccc2)c1. The summed E-state index contributed by atoms with van der Waals surface area (Å²) in [6.07, 6.45) is 0.471. The molecule has 2 aromatic carbocycles. The van der Waals surface area contributed by atoms with Crippen molar-refractivity contribution in [2.24, 2.45) is 5.73 Å². The molecule has 2 rings (SSSR count). The van der Waals surface area contributed by atoms with E-state index >= 15 is 0 Å². The molecule has 0 aliphatic heterocycles. The van der Waals surface area contributed by atoms with E-state index in [0.717, 1.165) is 16.8 Å². The molecule has 7 heteroatoms. The maximum atomic E-state index is 12.1. The Labute approximate surface area is 183 Å². The topological polar surface area (TPSA) is 103 Å². The summed E-state index contributed by atoms with van der Waals surface area (Å²) in [6, 6.07) is 16.3. The van der Waals surface area contributed by atoms with Crippen LogP contribution in [0.5, 0.6) is 0 Å². The molecule has 7 nitrogen and oxygen atoms in total. The second kappa shape index (κ2) is 11.2. The molecule has 31 heavy (non-hydrogen) atoms. The van der Waals surface area contributed by atoms with Crippen LogP contribution in [0.3, 0.4) is 0 Å². The van der Waals surface area contributed by atoms with Gasteiger partial charge in [-0.1, -0.05) is 49.0 Å². The van der Waals surface area contributed by atoms with Crippen molar-refractivity contribution >= 4 is 17.7 Å². The lowest BCUT2D eigenvalue weighted by atomic mass is 10.1. The van der Waals surface area contributed by atoms with Gasteiger partial charge in [-0.3, -0.25) is 10.1 Å². The van der Waals surface area contributed by atoms with E-state index in [0.29, 0.717) is 18.7 Å². The largest absolute Gasteiger partial charge is 0.460 e. The van der Waals surface area contributed by atoms with Gasteiger partial charge in [-0.25, -0.2) is 4.79 Å². The van der Waals surface area contributed by atoms with Gasteiger partial charge in [0.25, 0.3) is 0 Å². The summed E-state index contributed by atoms with van der Waals surface area (Å²) in [6.45, 7) is 9.35. The summed E-state index contributed by atoms with van der Waals surface area (Å²) in [5.41, 5.74) is 8.05. The number of nitrogens with two attached hydrogens (primary N) is 1. The van der Waals surface area contributed by atoms with E-state index < -0.39 is 23.7 Å². The van der Waals surface area contributed by atoms with Crippen molar-refractivity contribution in [1.29, 1.82) is 0 Å². The minimum absolute atomic E-state index is 0.208. The summed E-state index contributed by atoms with van der Waals surface area (Å²) in [7, 11) is 0. The number of rotatable bonds is 9. The van der Waals surface area contributed by atoms with Gasteiger partial charge >= 0.3 is 12.1 Å². The molecular formula is C24H31N3O4. The van der Waals surface area contributed by atoms with Crippen LogP contribution in [0.2, 0.25) is 0 Å². The van der Waals surface area contributed by atoms with E-state index in [1.165, 1.54) is 0 Å². The van der Waals surface area contributed by atoms with Crippen LogP contribution in [0.1, 0.15) is 38.3 Å². The Morgan fingerprint density at radius 2 is 1.74 bits per heavy atom. The lowest BCUT2D eigenvalue weighted by Crippen LogP contribution is -2.33. The van der Waals surface area contributed by atoms with Gasteiger partial charge in [-0.15, -0.1) is 0 Å². The van der Waals surface area contributed by atoms with Crippen molar-refractivity contribution < 1.29 is 19.1 Å². The van der Waals surface area contributed by atoms with Crippen LogP contribution in [0.25, 0.3) is 0 Å². The molecule has 1 atom stereocenters. The van der Waals surface area contributed by atoms with Crippen LogP contribution in [0.4, 0.5) is 10.5 Å². The molecule has 0 radical (unpaired) electrons. The Bertz CT molecular complexity index is 891. The fraction of sp³-hybridized carbons (Fsp3) is 0.333. The Kier molecular flexibility index (Phi) is 8.63. The molecule has 0 fully saturated rings. The first kappa shape index (κ1) is 24.0. The van der Waals surface area contributed by atoms with Gasteiger partial charge in [-0.05, 0) is 56.9 Å². The van der Waals surface area contributed by atoms with Crippen LogP contribution >= 0.6 is 0 Å². The molecule has 0 aliphatic carbocycles. The third kappa shape index (κ3) is 9.35. The van der Waals surface area contributed by atoms with Gasteiger partial charge in [0.15, 0.2) is 0 Å². The first-order valence-corrected chi connectivity index (χ1v) is 10.1. The highest BCUT2D eigenvalue weighted by Gasteiger charge is 2.17. The number of carbonyl (C=O) groups excluding carboxylic acids is 2. The second-order valence-electron chi connectivity index (χ2n) is 8.17. The van der Waals surface area contributed by atoms with Crippen LogP contribution in [-0.4, -0.2) is 23.7 Å². The molecule has 1 amide bonds. The van der Waals surface area contributed by atoms with Crippen molar-refractivity contribution in [2.45, 2.75) is 51.9 Å². The molecule has 2 aromatic rings. The zero-order valence-electron chi connectivity index (χ0n) is 18.3. The zero-order chi connectivity index (χ0) is 22.9. The maximum Gasteiger partial charge on any atom is 0.413 e. The molecule has 0 saturated carbocycles. The van der Waals surface area contributed by atoms with E-state index in [9.17, 15) is 9.59 Å². The average molecular weight is 426 g/mol. The van der Waals surface area contributed by atoms with Crippen molar-refractivity contribution in [3.8, 4) is 0 Å². The molecule has 4 N–H and O–H groups in total. The highest BCUT2D eigenvalue weighted by Crippen LogP contribution is 2.15. The number of anilines is 1. The molecule has 1 unspecified atom stereocenters. The number of carbonyl (C=O) groups is 2. The molecule has 0 aromatic heterocycles. The van der Waals surface area contributed by atoms with Gasteiger partial charge in [0.2, 0.25) is 0 Å². The van der Waals surface area contributed by atoms with E-state index in [-0.39, 0.29) is 6.61 Å². The second-order valence-corrected chi connectivity index (χ2v) is 8.17. The van der Waals surface area contributed by atoms with E-state index in [2.05, 4.69) is 17.2 Å². The zero-order valence-corrected chi connectivity index (χ0v) is 18.3. The van der Waals surface area contributed by atoms with Gasteiger partial charge in [0.1, 0.15) is 24.1 Å². The quantitative estimate of drug-likeness (QED) is 0.523. The Morgan fingerprint density at radius 1 is 1.06 bits per heavy atom. The highest BCUT2D eigenvalue weighted by molar-refractivity contribution is 5.75. The van der Waals surface area contributed by atoms with Crippen molar-refractivity contribution in [3.63, 3.8) is 0 Å². The van der Waals surface area contributed by atoms with Gasteiger partial charge in [-0.2, -0.15) is 0 Å². The van der Waals surface area contributed by atoms with Crippen LogP contribution in [-0.2, 0) is 27.3 Å². The first-order chi connectivity index (χ1) is 14.6. The third-order valence-corrected chi connectivity index (χ3v) is 4.14. The number of hydrogen-bond donors (Lipinski definition) is 3. The van der Waals surface area contributed by atoms with Crippen LogP contribution in [0, 0.1) is 0 Å². The van der Waals surface area contributed by atoms with Crippen molar-refractivity contribution in [3.05, 3.63) is 78.1 Å². The number of esters is 1. The smallest absolute Gasteiger partial charge is 0.413 e. The lowest BCUT2D eigenvalue weighted by Gasteiger charge is -2.20. The predicted molar refractivity (Wildman–Crippen MR) is 121 cm³/mol. The standard InChI is InChI=1S/C24H31N3O4/c1-17(27-23(29)31-24(2,3)4)26-20-12-8-11-18(15-20)13-14-21(25)22(28)30-16-19-9-6-5-7-10-19/h5-12,15,21,26H,1,13-14,16,25H2,2-4H3,(H,27,29). The minimum atomic E-state index is -0.705. The molecule has 0 saturated heterocycles.